The normalized spacial score (nSPS) is 10.9. The number of hydrogen-bond donors (Lipinski definition) is 0. The predicted molar refractivity (Wildman–Crippen MR) is 125 cm³/mol. The monoisotopic (exact) mass is 445 g/mol. The SMILES string of the molecule is COC(=O)c1cc(C)nc2c1c(=O)n(Cc1ccccc1C)c(=O)n2-c1cccc(OC)c1. The summed E-state index contributed by atoms with van der Waals surface area (Å²) in [6.45, 7) is 3.64. The lowest BCUT2D eigenvalue weighted by molar-refractivity contribution is 0.0602. The zero-order chi connectivity index (χ0) is 23.7. The van der Waals surface area contributed by atoms with Gasteiger partial charge in [0.15, 0.2) is 5.65 Å². The Morgan fingerprint density at radius 3 is 2.45 bits per heavy atom. The lowest BCUT2D eigenvalue weighted by Crippen LogP contribution is -2.41. The van der Waals surface area contributed by atoms with Gasteiger partial charge in [0.2, 0.25) is 0 Å². The second-order valence-corrected chi connectivity index (χ2v) is 7.64. The molecule has 0 radical (unpaired) electrons. The number of pyridine rings is 1. The van der Waals surface area contributed by atoms with E-state index in [4.69, 9.17) is 9.47 Å². The molecular weight excluding hydrogens is 422 g/mol. The van der Waals surface area contributed by atoms with Crippen LogP contribution in [0.3, 0.4) is 0 Å². The molecule has 0 atom stereocenters. The van der Waals surface area contributed by atoms with Gasteiger partial charge < -0.3 is 9.47 Å². The summed E-state index contributed by atoms with van der Waals surface area (Å²) in [5, 5.41) is 0.0171. The van der Waals surface area contributed by atoms with Crippen LogP contribution in [0.15, 0.2) is 64.2 Å². The molecule has 0 fully saturated rings. The van der Waals surface area contributed by atoms with Crippen molar-refractivity contribution in [3.05, 3.63) is 97.8 Å². The van der Waals surface area contributed by atoms with Crippen molar-refractivity contribution >= 4 is 17.0 Å². The van der Waals surface area contributed by atoms with E-state index in [1.54, 1.807) is 31.2 Å². The van der Waals surface area contributed by atoms with Crippen LogP contribution in [0.2, 0.25) is 0 Å². The topological polar surface area (TPSA) is 92.4 Å². The maximum absolute atomic E-state index is 13.7. The van der Waals surface area contributed by atoms with Gasteiger partial charge in [0, 0.05) is 11.8 Å². The average molecular weight is 445 g/mol. The Morgan fingerprint density at radius 1 is 1.00 bits per heavy atom. The molecule has 4 rings (SSSR count). The number of benzene rings is 2. The Kier molecular flexibility index (Phi) is 5.83. The number of nitrogens with zero attached hydrogens (tertiary/aromatic N) is 3. The number of aryl methyl sites for hydroxylation is 2. The average Bonchev–Trinajstić information content (AvgIpc) is 2.82. The molecule has 0 spiro atoms. The molecule has 8 nitrogen and oxygen atoms in total. The highest BCUT2D eigenvalue weighted by Crippen LogP contribution is 2.21. The fraction of sp³-hybridized carbons (Fsp3) is 0.200. The summed E-state index contributed by atoms with van der Waals surface area (Å²) in [4.78, 5) is 44.4. The number of rotatable bonds is 5. The number of carbonyl (C=O) groups excluding carboxylic acids is 1. The first-order valence-corrected chi connectivity index (χ1v) is 10.3. The quantitative estimate of drug-likeness (QED) is 0.439. The third-order valence-corrected chi connectivity index (χ3v) is 5.53. The van der Waals surface area contributed by atoms with Crippen molar-refractivity contribution in [1.29, 1.82) is 0 Å². The van der Waals surface area contributed by atoms with Gasteiger partial charge >= 0.3 is 11.7 Å². The maximum Gasteiger partial charge on any atom is 0.338 e. The molecule has 168 valence electrons. The summed E-state index contributed by atoms with van der Waals surface area (Å²) in [7, 11) is 2.77. The van der Waals surface area contributed by atoms with Crippen LogP contribution in [-0.2, 0) is 11.3 Å². The van der Waals surface area contributed by atoms with Crippen molar-refractivity contribution < 1.29 is 14.3 Å². The summed E-state index contributed by atoms with van der Waals surface area (Å²) in [6.07, 6.45) is 0. The van der Waals surface area contributed by atoms with E-state index in [1.807, 2.05) is 31.2 Å². The minimum atomic E-state index is -0.680. The van der Waals surface area contributed by atoms with Crippen LogP contribution in [0, 0.1) is 13.8 Å². The van der Waals surface area contributed by atoms with Gasteiger partial charge in [0.25, 0.3) is 5.56 Å². The van der Waals surface area contributed by atoms with Gasteiger partial charge in [-0.25, -0.2) is 19.1 Å². The van der Waals surface area contributed by atoms with Crippen molar-refractivity contribution in [2.75, 3.05) is 14.2 Å². The third-order valence-electron chi connectivity index (χ3n) is 5.53. The third kappa shape index (κ3) is 3.91. The summed E-state index contributed by atoms with van der Waals surface area (Å²) in [5.74, 6) is -0.147. The van der Waals surface area contributed by atoms with Crippen LogP contribution in [0.4, 0.5) is 0 Å². The molecule has 0 unspecified atom stereocenters. The molecule has 2 aromatic carbocycles. The molecule has 0 N–H and O–H groups in total. The molecule has 4 aromatic rings. The number of ether oxygens (including phenoxy) is 2. The van der Waals surface area contributed by atoms with E-state index < -0.39 is 17.2 Å². The Balaban J connectivity index is 2.16. The second kappa shape index (κ2) is 8.74. The molecule has 0 aliphatic heterocycles. The standard InChI is InChI=1S/C25H23N3O5/c1-15-8-5-6-9-17(15)14-27-23(29)21-20(24(30)33-4)12-16(2)26-22(21)28(25(27)31)18-10-7-11-19(13-18)32-3/h5-13H,14H2,1-4H3. The Labute approximate surface area is 189 Å². The Morgan fingerprint density at radius 2 is 1.76 bits per heavy atom. The van der Waals surface area contributed by atoms with Crippen LogP contribution in [0.25, 0.3) is 16.7 Å². The van der Waals surface area contributed by atoms with Gasteiger partial charge in [-0.05, 0) is 43.2 Å². The molecule has 0 saturated carbocycles. The summed E-state index contributed by atoms with van der Waals surface area (Å²) in [6, 6.07) is 15.9. The lowest BCUT2D eigenvalue weighted by Gasteiger charge is -2.16. The van der Waals surface area contributed by atoms with E-state index in [9.17, 15) is 14.4 Å². The smallest absolute Gasteiger partial charge is 0.338 e. The molecular formula is C25H23N3O5. The van der Waals surface area contributed by atoms with Gasteiger partial charge in [-0.3, -0.25) is 9.36 Å². The van der Waals surface area contributed by atoms with Crippen LogP contribution in [0.1, 0.15) is 27.2 Å². The molecule has 0 bridgehead atoms. The first kappa shape index (κ1) is 22.0. The van der Waals surface area contributed by atoms with Crippen molar-refractivity contribution in [2.45, 2.75) is 20.4 Å². The molecule has 0 aliphatic carbocycles. The highest BCUT2D eigenvalue weighted by atomic mass is 16.5. The zero-order valence-electron chi connectivity index (χ0n) is 18.8. The van der Waals surface area contributed by atoms with E-state index in [1.165, 1.54) is 24.9 Å². The van der Waals surface area contributed by atoms with Crippen LogP contribution in [0.5, 0.6) is 5.75 Å². The zero-order valence-corrected chi connectivity index (χ0v) is 18.8. The molecule has 2 aromatic heterocycles. The van der Waals surface area contributed by atoms with Crippen molar-refractivity contribution in [2.24, 2.45) is 0 Å². The first-order chi connectivity index (χ1) is 15.8. The number of methoxy groups -OCH3 is 2. The molecule has 0 amide bonds. The van der Waals surface area contributed by atoms with E-state index in [0.29, 0.717) is 17.1 Å². The van der Waals surface area contributed by atoms with Crippen molar-refractivity contribution in [1.82, 2.24) is 14.1 Å². The van der Waals surface area contributed by atoms with Gasteiger partial charge in [-0.15, -0.1) is 0 Å². The lowest BCUT2D eigenvalue weighted by atomic mass is 10.1. The Bertz CT molecular complexity index is 1500. The van der Waals surface area contributed by atoms with Gasteiger partial charge in [0.1, 0.15) is 5.75 Å². The van der Waals surface area contributed by atoms with Crippen LogP contribution in [-0.4, -0.2) is 34.3 Å². The van der Waals surface area contributed by atoms with Gasteiger partial charge in [-0.1, -0.05) is 30.3 Å². The number of aromatic nitrogens is 3. The number of esters is 1. The highest BCUT2D eigenvalue weighted by Gasteiger charge is 2.23. The van der Waals surface area contributed by atoms with E-state index >= 15 is 0 Å². The van der Waals surface area contributed by atoms with Crippen LogP contribution >= 0.6 is 0 Å². The fourth-order valence-corrected chi connectivity index (χ4v) is 3.81. The van der Waals surface area contributed by atoms with E-state index in [2.05, 4.69) is 4.98 Å². The molecule has 0 saturated heterocycles. The molecule has 2 heterocycles. The summed E-state index contributed by atoms with van der Waals surface area (Å²) >= 11 is 0. The molecule has 8 heteroatoms. The number of carbonyl (C=O) groups is 1. The Hall–Kier alpha value is -4.20. The first-order valence-electron chi connectivity index (χ1n) is 10.3. The highest BCUT2D eigenvalue weighted by molar-refractivity contribution is 6.02. The predicted octanol–water partition coefficient (Wildman–Crippen LogP) is 3.01. The van der Waals surface area contributed by atoms with E-state index in [-0.39, 0.29) is 23.1 Å². The number of fused-ring (bicyclic) bond motifs is 1. The van der Waals surface area contributed by atoms with Crippen LogP contribution < -0.4 is 16.0 Å². The number of hydrogen-bond acceptors (Lipinski definition) is 6. The van der Waals surface area contributed by atoms with Crippen molar-refractivity contribution in [3.8, 4) is 11.4 Å². The summed E-state index contributed by atoms with van der Waals surface area (Å²) in [5.41, 5.74) is 1.63. The second-order valence-electron chi connectivity index (χ2n) is 7.64. The fourth-order valence-electron chi connectivity index (χ4n) is 3.81. The summed E-state index contributed by atoms with van der Waals surface area (Å²) < 4.78 is 12.7. The minimum Gasteiger partial charge on any atom is -0.497 e. The molecule has 33 heavy (non-hydrogen) atoms. The molecule has 0 aliphatic rings. The van der Waals surface area contributed by atoms with Gasteiger partial charge in [0.05, 0.1) is 37.4 Å². The minimum absolute atomic E-state index is 0.0171. The van der Waals surface area contributed by atoms with Crippen molar-refractivity contribution in [3.63, 3.8) is 0 Å². The van der Waals surface area contributed by atoms with Gasteiger partial charge in [-0.2, -0.15) is 0 Å². The maximum atomic E-state index is 13.7. The largest absolute Gasteiger partial charge is 0.497 e. The van der Waals surface area contributed by atoms with E-state index in [0.717, 1.165) is 15.7 Å².